The van der Waals surface area contributed by atoms with Gasteiger partial charge in [-0.25, -0.2) is 13.4 Å². The quantitative estimate of drug-likeness (QED) is 0.651. The number of imidazole rings is 1. The zero-order valence-electron chi connectivity index (χ0n) is 13.5. The fourth-order valence-electron chi connectivity index (χ4n) is 2.96. The number of sulfone groups is 1. The van der Waals surface area contributed by atoms with Crippen molar-refractivity contribution in [2.75, 3.05) is 12.0 Å². The molecule has 0 saturated heterocycles. The molecule has 0 fully saturated rings. The van der Waals surface area contributed by atoms with Crippen LogP contribution in [-0.2, 0) is 16.4 Å². The molecule has 5 nitrogen and oxygen atoms in total. The van der Waals surface area contributed by atoms with Gasteiger partial charge in [-0.15, -0.1) is 0 Å². The Labute approximate surface area is 136 Å². The van der Waals surface area contributed by atoms with E-state index in [2.05, 4.69) is 20.6 Å². The van der Waals surface area contributed by atoms with E-state index in [-0.39, 0.29) is 5.75 Å². The minimum Gasteiger partial charge on any atom is -0.328 e. The highest BCUT2D eigenvalue weighted by atomic mass is 32.2. The molecule has 2 aromatic heterocycles. The molecule has 0 unspecified atom stereocenters. The fraction of sp³-hybridized carbons (Fsp3) is 0.412. The van der Waals surface area contributed by atoms with E-state index >= 15 is 0 Å². The molecular weight excluding hydrogens is 310 g/mol. The van der Waals surface area contributed by atoms with E-state index in [9.17, 15) is 8.42 Å². The lowest BCUT2D eigenvalue weighted by molar-refractivity contribution is 0.581. The molecule has 1 aromatic carbocycles. The molecule has 0 aliphatic heterocycles. The summed E-state index contributed by atoms with van der Waals surface area (Å²) in [6, 6.07) is 8.08. The normalized spacial score (nSPS) is 12.3. The number of para-hydroxylation sites is 1. The number of benzene rings is 1. The number of aryl methyl sites for hydroxylation is 2. The van der Waals surface area contributed by atoms with Gasteiger partial charge in [0.15, 0.2) is 0 Å². The second-order valence-electron chi connectivity index (χ2n) is 6.01. The second kappa shape index (κ2) is 6.28. The second-order valence-corrected chi connectivity index (χ2v) is 8.27. The molecule has 23 heavy (non-hydrogen) atoms. The molecule has 3 aromatic rings. The topological polar surface area (TPSA) is 64.8 Å². The van der Waals surface area contributed by atoms with Crippen LogP contribution < -0.4 is 0 Å². The number of pyridine rings is 1. The molecule has 0 atom stereocenters. The molecule has 0 spiro atoms. The highest BCUT2D eigenvalue weighted by Gasteiger charge is 2.11. The molecule has 122 valence electrons. The molecule has 3 rings (SSSR count). The van der Waals surface area contributed by atoms with Crippen molar-refractivity contribution in [1.29, 1.82) is 0 Å². The van der Waals surface area contributed by atoms with E-state index < -0.39 is 9.84 Å². The predicted molar refractivity (Wildman–Crippen MR) is 93.3 cm³/mol. The van der Waals surface area contributed by atoms with Crippen LogP contribution in [0.5, 0.6) is 0 Å². The summed E-state index contributed by atoms with van der Waals surface area (Å²) < 4.78 is 24.6. The number of nitrogens with zero attached hydrogens (tertiary/aromatic N) is 3. The van der Waals surface area contributed by atoms with Crippen molar-refractivity contribution in [1.82, 2.24) is 14.5 Å². The van der Waals surface area contributed by atoms with Crippen molar-refractivity contribution >= 4 is 31.8 Å². The highest BCUT2D eigenvalue weighted by molar-refractivity contribution is 7.90. The first-order chi connectivity index (χ1) is 11.0. The first-order valence-electron chi connectivity index (χ1n) is 7.84. The van der Waals surface area contributed by atoms with Gasteiger partial charge in [0.1, 0.15) is 21.2 Å². The van der Waals surface area contributed by atoms with Gasteiger partial charge in [0.2, 0.25) is 0 Å². The number of aromatic nitrogens is 3. The molecule has 2 heterocycles. The van der Waals surface area contributed by atoms with Crippen LogP contribution in [0.1, 0.15) is 25.1 Å². The average molecular weight is 331 g/mol. The number of fused-ring (bicyclic) bond motifs is 3. The van der Waals surface area contributed by atoms with Gasteiger partial charge in [0.05, 0.1) is 17.2 Å². The average Bonchev–Trinajstić information content (AvgIpc) is 2.82. The number of hydrogen-bond donors (Lipinski definition) is 0. The third-order valence-electron chi connectivity index (χ3n) is 4.07. The largest absolute Gasteiger partial charge is 0.328 e. The predicted octanol–water partition coefficient (Wildman–Crippen LogP) is 3.11. The summed E-state index contributed by atoms with van der Waals surface area (Å²) in [6.45, 7) is 2.85. The summed E-state index contributed by atoms with van der Waals surface area (Å²) in [7, 11) is -2.86. The summed E-state index contributed by atoms with van der Waals surface area (Å²) in [6.07, 6.45) is 5.67. The Hall–Kier alpha value is -1.95. The van der Waals surface area contributed by atoms with Crippen LogP contribution in [0.4, 0.5) is 0 Å². The van der Waals surface area contributed by atoms with Crippen molar-refractivity contribution in [3.63, 3.8) is 0 Å². The van der Waals surface area contributed by atoms with Crippen molar-refractivity contribution in [2.24, 2.45) is 0 Å². The van der Waals surface area contributed by atoms with E-state index in [0.717, 1.165) is 47.1 Å². The van der Waals surface area contributed by atoms with Crippen molar-refractivity contribution in [2.45, 2.75) is 32.7 Å². The highest BCUT2D eigenvalue weighted by Crippen LogP contribution is 2.24. The molecule has 6 heteroatoms. The molecule has 0 bridgehead atoms. The van der Waals surface area contributed by atoms with E-state index in [0.29, 0.717) is 6.42 Å². The SMILES string of the molecule is Cc1nc2cnc3ccccc3c2n1CCCCCS(C)(=O)=O. The van der Waals surface area contributed by atoms with Gasteiger partial charge in [-0.2, -0.15) is 0 Å². The van der Waals surface area contributed by atoms with Crippen LogP contribution in [0.3, 0.4) is 0 Å². The maximum absolute atomic E-state index is 11.2. The Morgan fingerprint density at radius 2 is 1.87 bits per heavy atom. The Bertz CT molecular complexity index is 945. The van der Waals surface area contributed by atoms with E-state index in [1.807, 2.05) is 31.3 Å². The monoisotopic (exact) mass is 331 g/mol. The third kappa shape index (κ3) is 3.52. The Morgan fingerprint density at radius 3 is 2.65 bits per heavy atom. The van der Waals surface area contributed by atoms with Crippen molar-refractivity contribution < 1.29 is 8.42 Å². The maximum atomic E-state index is 11.2. The molecule has 0 radical (unpaired) electrons. The third-order valence-corrected chi connectivity index (χ3v) is 5.10. The van der Waals surface area contributed by atoms with E-state index in [1.54, 1.807) is 0 Å². The van der Waals surface area contributed by atoms with Crippen molar-refractivity contribution in [3.05, 3.63) is 36.3 Å². The zero-order valence-corrected chi connectivity index (χ0v) is 14.3. The first-order valence-corrected chi connectivity index (χ1v) is 9.90. The van der Waals surface area contributed by atoms with Gasteiger partial charge in [0, 0.05) is 23.9 Å². The minimum absolute atomic E-state index is 0.267. The summed E-state index contributed by atoms with van der Waals surface area (Å²) in [5.74, 6) is 1.24. The Morgan fingerprint density at radius 1 is 1.09 bits per heavy atom. The summed E-state index contributed by atoms with van der Waals surface area (Å²) in [5.41, 5.74) is 3.01. The molecule has 0 aliphatic rings. The Kier molecular flexibility index (Phi) is 4.35. The van der Waals surface area contributed by atoms with Crippen LogP contribution in [0.25, 0.3) is 21.9 Å². The number of rotatable bonds is 6. The van der Waals surface area contributed by atoms with Crippen LogP contribution in [0.15, 0.2) is 30.5 Å². The number of hydrogen-bond acceptors (Lipinski definition) is 4. The lowest BCUT2D eigenvalue weighted by Gasteiger charge is -2.08. The maximum Gasteiger partial charge on any atom is 0.147 e. The summed E-state index contributed by atoms with van der Waals surface area (Å²) in [5, 5.41) is 1.11. The summed E-state index contributed by atoms with van der Waals surface area (Å²) in [4.78, 5) is 9.06. The van der Waals surface area contributed by atoms with Gasteiger partial charge in [-0.1, -0.05) is 24.6 Å². The standard InChI is InChI=1S/C17H21N3O2S/c1-13-19-16-12-18-15-9-5-4-8-14(15)17(16)20(13)10-6-3-7-11-23(2,21)22/h4-5,8-9,12H,3,6-7,10-11H2,1-2H3. The van der Waals surface area contributed by atoms with E-state index in [1.165, 1.54) is 6.26 Å². The number of unbranched alkanes of at least 4 members (excludes halogenated alkanes) is 2. The van der Waals surface area contributed by atoms with Crippen LogP contribution >= 0.6 is 0 Å². The lowest BCUT2D eigenvalue weighted by Crippen LogP contribution is -2.05. The van der Waals surface area contributed by atoms with Crippen LogP contribution in [-0.4, -0.2) is 35.0 Å². The lowest BCUT2D eigenvalue weighted by atomic mass is 10.2. The van der Waals surface area contributed by atoms with Gasteiger partial charge < -0.3 is 4.57 Å². The molecule has 0 saturated carbocycles. The van der Waals surface area contributed by atoms with Crippen LogP contribution in [0.2, 0.25) is 0 Å². The van der Waals surface area contributed by atoms with Gasteiger partial charge in [-0.3, -0.25) is 4.98 Å². The van der Waals surface area contributed by atoms with Gasteiger partial charge in [-0.05, 0) is 25.8 Å². The first kappa shape index (κ1) is 15.9. The van der Waals surface area contributed by atoms with E-state index in [4.69, 9.17) is 0 Å². The van der Waals surface area contributed by atoms with Gasteiger partial charge >= 0.3 is 0 Å². The molecular formula is C17H21N3O2S. The zero-order chi connectivity index (χ0) is 16.4. The Balaban J connectivity index is 1.83. The van der Waals surface area contributed by atoms with Crippen LogP contribution in [0, 0.1) is 6.92 Å². The smallest absolute Gasteiger partial charge is 0.147 e. The minimum atomic E-state index is -2.86. The van der Waals surface area contributed by atoms with Crippen molar-refractivity contribution in [3.8, 4) is 0 Å². The summed E-state index contributed by atoms with van der Waals surface area (Å²) >= 11 is 0. The fourth-order valence-corrected chi connectivity index (χ4v) is 3.69. The van der Waals surface area contributed by atoms with Gasteiger partial charge in [0.25, 0.3) is 0 Å². The molecule has 0 aliphatic carbocycles. The molecule has 0 amide bonds. The molecule has 0 N–H and O–H groups in total.